The number of aromatic carboxylic acids is 2. The molecule has 6 heteroatoms. The maximum absolute atomic E-state index is 11.9. The van der Waals surface area contributed by atoms with Crippen molar-refractivity contribution in [2.45, 2.75) is 6.42 Å². The van der Waals surface area contributed by atoms with Crippen molar-refractivity contribution in [2.24, 2.45) is 0 Å². The molecule has 3 rings (SSSR count). The van der Waals surface area contributed by atoms with Crippen molar-refractivity contribution in [1.82, 2.24) is 4.57 Å². The molecule has 0 fully saturated rings. The van der Waals surface area contributed by atoms with Crippen LogP contribution in [0.5, 0.6) is 0 Å². The van der Waals surface area contributed by atoms with E-state index in [9.17, 15) is 24.9 Å². The first kappa shape index (κ1) is 15.8. The average Bonchev–Trinajstić information content (AvgIpc) is 2.90. The molecule has 0 bridgehead atoms. The largest absolute Gasteiger partial charge is 0.478 e. The number of hydrogen-bond acceptors (Lipinski definition) is 3. The Hall–Kier alpha value is -3.12. The molecule has 3 aromatic rings. The van der Waals surface area contributed by atoms with Gasteiger partial charge in [0, 0.05) is 17.7 Å². The smallest absolute Gasteiger partial charge is 0.353 e. The fourth-order valence-corrected chi connectivity index (χ4v) is 2.94. The van der Waals surface area contributed by atoms with Crippen LogP contribution in [0, 0.1) is 0 Å². The lowest BCUT2D eigenvalue weighted by Gasteiger charge is -2.10. The van der Waals surface area contributed by atoms with Crippen LogP contribution in [0.25, 0.3) is 16.6 Å². The summed E-state index contributed by atoms with van der Waals surface area (Å²) >= 11 is 0. The number of aliphatic hydroxyl groups is 1. The van der Waals surface area contributed by atoms with Gasteiger partial charge in [-0.1, -0.05) is 24.3 Å². The summed E-state index contributed by atoms with van der Waals surface area (Å²) < 4.78 is 1.52. The number of para-hydroxylation sites is 1. The first-order chi connectivity index (χ1) is 11.5. The highest BCUT2D eigenvalue weighted by Crippen LogP contribution is 2.30. The Morgan fingerprint density at radius 2 is 1.71 bits per heavy atom. The number of fused-ring (bicyclic) bond motifs is 1. The van der Waals surface area contributed by atoms with Crippen molar-refractivity contribution in [2.75, 3.05) is 6.61 Å². The first-order valence-corrected chi connectivity index (χ1v) is 7.34. The van der Waals surface area contributed by atoms with E-state index in [0.29, 0.717) is 16.8 Å². The Balaban J connectivity index is 2.38. The van der Waals surface area contributed by atoms with E-state index in [2.05, 4.69) is 0 Å². The lowest BCUT2D eigenvalue weighted by Crippen LogP contribution is -2.10. The fraction of sp³-hybridized carbons (Fsp3) is 0.111. The monoisotopic (exact) mass is 325 g/mol. The standard InChI is InChI=1S/C18H15NO5/c20-9-8-14-13-6-1-2-7-15(13)19(16(14)18(23)24)12-5-3-4-11(10-12)17(21)22/h1-7,10,20H,8-9H2,(H,21,22)(H,23,24). The SMILES string of the molecule is O=C(O)c1cccc(-n2c(C(=O)O)c(CCO)c3ccccc32)c1. The molecule has 0 radical (unpaired) electrons. The van der Waals surface area contributed by atoms with Crippen molar-refractivity contribution < 1.29 is 24.9 Å². The number of carboxylic acids is 2. The zero-order valence-electron chi connectivity index (χ0n) is 12.6. The van der Waals surface area contributed by atoms with Crippen LogP contribution in [0.2, 0.25) is 0 Å². The highest BCUT2D eigenvalue weighted by molar-refractivity contribution is 6.00. The first-order valence-electron chi connectivity index (χ1n) is 7.34. The van der Waals surface area contributed by atoms with E-state index >= 15 is 0 Å². The van der Waals surface area contributed by atoms with Gasteiger partial charge in [0.25, 0.3) is 0 Å². The van der Waals surface area contributed by atoms with Crippen molar-refractivity contribution in [3.8, 4) is 5.69 Å². The highest BCUT2D eigenvalue weighted by Gasteiger charge is 2.23. The van der Waals surface area contributed by atoms with Gasteiger partial charge >= 0.3 is 11.9 Å². The summed E-state index contributed by atoms with van der Waals surface area (Å²) in [6.45, 7) is -0.177. The van der Waals surface area contributed by atoms with Crippen molar-refractivity contribution in [3.05, 3.63) is 65.4 Å². The Bertz CT molecular complexity index is 942. The second-order valence-electron chi connectivity index (χ2n) is 5.31. The Kier molecular flexibility index (Phi) is 4.05. The topological polar surface area (TPSA) is 99.8 Å². The van der Waals surface area contributed by atoms with Crippen LogP contribution in [0.1, 0.15) is 26.4 Å². The molecule has 0 saturated heterocycles. The summed E-state index contributed by atoms with van der Waals surface area (Å²) in [5.41, 5.74) is 1.74. The second kappa shape index (κ2) is 6.17. The minimum Gasteiger partial charge on any atom is -0.478 e. The zero-order valence-corrected chi connectivity index (χ0v) is 12.6. The van der Waals surface area contributed by atoms with Gasteiger partial charge in [-0.3, -0.25) is 0 Å². The Labute approximate surface area is 137 Å². The van der Waals surface area contributed by atoms with E-state index in [-0.39, 0.29) is 24.3 Å². The van der Waals surface area contributed by atoms with Gasteiger partial charge in [-0.25, -0.2) is 9.59 Å². The second-order valence-corrected chi connectivity index (χ2v) is 5.31. The third kappa shape index (κ3) is 2.53. The third-order valence-corrected chi connectivity index (χ3v) is 3.90. The Morgan fingerprint density at radius 3 is 2.38 bits per heavy atom. The van der Waals surface area contributed by atoms with Crippen molar-refractivity contribution >= 4 is 22.8 Å². The van der Waals surface area contributed by atoms with Crippen LogP contribution < -0.4 is 0 Å². The van der Waals surface area contributed by atoms with Crippen molar-refractivity contribution in [3.63, 3.8) is 0 Å². The van der Waals surface area contributed by atoms with Crippen LogP contribution in [0.15, 0.2) is 48.5 Å². The molecule has 0 unspecified atom stereocenters. The number of rotatable bonds is 5. The van der Waals surface area contributed by atoms with Gasteiger partial charge in [-0.2, -0.15) is 0 Å². The van der Waals surface area contributed by atoms with Crippen LogP contribution in [-0.2, 0) is 6.42 Å². The highest BCUT2D eigenvalue weighted by atomic mass is 16.4. The van der Waals surface area contributed by atoms with E-state index in [1.54, 1.807) is 36.4 Å². The number of carboxylic acid groups (broad SMARTS) is 2. The van der Waals surface area contributed by atoms with Crippen molar-refractivity contribution in [1.29, 1.82) is 0 Å². The summed E-state index contributed by atoms with van der Waals surface area (Å²) in [7, 11) is 0. The lowest BCUT2D eigenvalue weighted by molar-refractivity contribution is 0.0681. The number of benzene rings is 2. The Morgan fingerprint density at radius 1 is 0.958 bits per heavy atom. The van der Waals surface area contributed by atoms with Gasteiger partial charge in [0.1, 0.15) is 5.69 Å². The predicted molar refractivity (Wildman–Crippen MR) is 88.0 cm³/mol. The molecule has 0 aliphatic rings. The minimum absolute atomic E-state index is 0.0350. The molecule has 6 nitrogen and oxygen atoms in total. The number of carbonyl (C=O) groups is 2. The maximum atomic E-state index is 11.9. The van der Waals surface area contributed by atoms with E-state index in [4.69, 9.17) is 0 Å². The van der Waals surface area contributed by atoms with E-state index in [0.717, 1.165) is 5.39 Å². The third-order valence-electron chi connectivity index (χ3n) is 3.90. The molecular formula is C18H15NO5. The van der Waals surface area contributed by atoms with Gasteiger partial charge in [0.15, 0.2) is 0 Å². The maximum Gasteiger partial charge on any atom is 0.353 e. The quantitative estimate of drug-likeness (QED) is 0.669. The molecule has 24 heavy (non-hydrogen) atoms. The molecule has 0 spiro atoms. The average molecular weight is 325 g/mol. The molecule has 0 aliphatic carbocycles. The summed E-state index contributed by atoms with van der Waals surface area (Å²) in [6, 6.07) is 13.3. The normalized spacial score (nSPS) is 10.9. The van der Waals surface area contributed by atoms with Crippen LogP contribution >= 0.6 is 0 Å². The molecule has 1 aromatic heterocycles. The zero-order chi connectivity index (χ0) is 17.3. The van der Waals surface area contributed by atoms with Gasteiger partial charge in [-0.05, 0) is 36.2 Å². The molecule has 0 aliphatic heterocycles. The fourth-order valence-electron chi connectivity index (χ4n) is 2.94. The molecule has 2 aromatic carbocycles. The minimum atomic E-state index is -1.13. The molecule has 122 valence electrons. The summed E-state index contributed by atoms with van der Waals surface area (Å²) in [5.74, 6) is -2.21. The van der Waals surface area contributed by atoms with Crippen LogP contribution in [0.3, 0.4) is 0 Å². The molecule has 0 amide bonds. The predicted octanol–water partition coefficient (Wildman–Crippen LogP) is 2.56. The number of nitrogens with zero attached hydrogens (tertiary/aromatic N) is 1. The van der Waals surface area contributed by atoms with Gasteiger partial charge in [0.05, 0.1) is 11.1 Å². The summed E-state index contributed by atoms with van der Waals surface area (Å²) in [5, 5.41) is 28.9. The summed E-state index contributed by atoms with van der Waals surface area (Å²) in [6.07, 6.45) is 0.202. The number of aliphatic hydroxyl groups excluding tert-OH is 1. The number of aromatic nitrogens is 1. The molecular weight excluding hydrogens is 310 g/mol. The molecule has 1 heterocycles. The lowest BCUT2D eigenvalue weighted by atomic mass is 10.1. The van der Waals surface area contributed by atoms with E-state index < -0.39 is 11.9 Å². The van der Waals surface area contributed by atoms with E-state index in [1.807, 2.05) is 0 Å². The molecule has 3 N–H and O–H groups in total. The number of hydrogen-bond donors (Lipinski definition) is 3. The van der Waals surface area contributed by atoms with Crippen LogP contribution in [-0.4, -0.2) is 38.4 Å². The molecule has 0 saturated carbocycles. The van der Waals surface area contributed by atoms with E-state index in [1.165, 1.54) is 16.7 Å². The molecule has 0 atom stereocenters. The van der Waals surface area contributed by atoms with Gasteiger partial charge < -0.3 is 19.9 Å². The van der Waals surface area contributed by atoms with Crippen LogP contribution in [0.4, 0.5) is 0 Å². The van der Waals surface area contributed by atoms with Gasteiger partial charge in [0.2, 0.25) is 0 Å². The van der Waals surface area contributed by atoms with Gasteiger partial charge in [-0.15, -0.1) is 0 Å². The summed E-state index contributed by atoms with van der Waals surface area (Å²) in [4.78, 5) is 23.1.